The monoisotopic (exact) mass is 334 g/mol. The Kier molecular flexibility index (Phi) is 9.30. The maximum Gasteiger partial charge on any atom is 0.118 e. The average Bonchev–Trinajstić information content (AvgIpc) is 2.42. The first kappa shape index (κ1) is 20.5. The van der Waals surface area contributed by atoms with Gasteiger partial charge < -0.3 is 39.8 Å². The van der Waals surface area contributed by atoms with Crippen LogP contribution in [0.25, 0.3) is 0 Å². The second-order valence-corrected chi connectivity index (χ2v) is 6.12. The summed E-state index contributed by atoms with van der Waals surface area (Å²) >= 11 is 0. The summed E-state index contributed by atoms with van der Waals surface area (Å²) in [5, 5.41) is 2.52. The number of benzene rings is 1. The fourth-order valence-electron chi connectivity index (χ4n) is 3.08. The van der Waals surface area contributed by atoms with Crippen LogP contribution in [0.3, 0.4) is 0 Å². The number of nitrogens with one attached hydrogen (secondary N) is 1. The van der Waals surface area contributed by atoms with Crippen molar-refractivity contribution in [3.63, 3.8) is 0 Å². The molecule has 122 valence electrons. The molecule has 1 saturated heterocycles. The van der Waals surface area contributed by atoms with Gasteiger partial charge in [-0.15, -0.1) is 0 Å². The zero-order valence-corrected chi connectivity index (χ0v) is 14.9. The quantitative estimate of drug-likeness (QED) is 0.564. The summed E-state index contributed by atoms with van der Waals surface area (Å²) in [4.78, 5) is 1.68. The number of quaternary nitrogens is 2. The molecule has 1 heterocycles. The zero-order valence-electron chi connectivity index (χ0n) is 13.4. The first-order valence-corrected chi connectivity index (χ1v) is 7.38. The summed E-state index contributed by atoms with van der Waals surface area (Å²) in [5.41, 5.74) is 1.38. The fraction of sp³-hybridized carbons (Fsp3) is 0.625. The van der Waals surface area contributed by atoms with E-state index in [4.69, 9.17) is 4.74 Å². The Morgan fingerprint density at radius 3 is 2.38 bits per heavy atom. The van der Waals surface area contributed by atoms with E-state index in [0.717, 1.165) is 30.3 Å². The van der Waals surface area contributed by atoms with E-state index in [0.29, 0.717) is 0 Å². The third-order valence-corrected chi connectivity index (χ3v) is 4.66. The van der Waals surface area contributed by atoms with E-state index in [1.54, 1.807) is 12.0 Å². The molecule has 0 radical (unpaired) electrons. The Morgan fingerprint density at radius 2 is 1.81 bits per heavy atom. The lowest BCUT2D eigenvalue weighted by molar-refractivity contribution is -0.923. The summed E-state index contributed by atoms with van der Waals surface area (Å²) in [7, 11) is 4.03. The molecule has 21 heavy (non-hydrogen) atoms. The van der Waals surface area contributed by atoms with Crippen LogP contribution in [0, 0.1) is 5.92 Å². The van der Waals surface area contributed by atoms with Gasteiger partial charge in [-0.05, 0) is 31.2 Å². The van der Waals surface area contributed by atoms with Gasteiger partial charge in [-0.3, -0.25) is 0 Å². The lowest BCUT2D eigenvalue weighted by atomic mass is 9.90. The minimum absolute atomic E-state index is 0. The molecule has 0 aliphatic carbocycles. The van der Waals surface area contributed by atoms with Crippen molar-refractivity contribution in [3.8, 4) is 5.75 Å². The Morgan fingerprint density at radius 1 is 1.19 bits per heavy atom. The minimum Gasteiger partial charge on any atom is -1.00 e. The SMILES string of the molecule is COc1ccc(C[NH2+]C2CC(C)[NH+](C)CC2C)cc1.[Cl-].[Cl-]. The van der Waals surface area contributed by atoms with Crippen LogP contribution in [0.5, 0.6) is 5.75 Å². The molecule has 4 unspecified atom stereocenters. The van der Waals surface area contributed by atoms with Crippen LogP contribution in [0.4, 0.5) is 0 Å². The first-order chi connectivity index (χ1) is 9.10. The molecular formula is C16H28Cl2N2O. The number of piperidine rings is 1. The standard InChI is InChI=1S/C16H26N2O.2ClH/c1-12-11-18(3)13(2)9-16(12)17-10-14-5-7-15(19-4)8-6-14;;/h5-8,12-13,16-17H,9-11H2,1-4H3;2*1H. The molecule has 4 atom stereocenters. The predicted octanol–water partition coefficient (Wildman–Crippen LogP) is -5.92. The molecule has 1 fully saturated rings. The molecule has 2 rings (SSSR count). The number of likely N-dealkylation sites (tertiary alicyclic amines) is 1. The lowest BCUT2D eigenvalue weighted by Gasteiger charge is -2.35. The van der Waals surface area contributed by atoms with Crippen LogP contribution in [0.2, 0.25) is 0 Å². The number of rotatable bonds is 4. The molecule has 0 saturated carbocycles. The zero-order chi connectivity index (χ0) is 13.8. The molecule has 5 heteroatoms. The maximum absolute atomic E-state index is 5.19. The van der Waals surface area contributed by atoms with E-state index in [1.165, 1.54) is 18.5 Å². The van der Waals surface area contributed by atoms with E-state index >= 15 is 0 Å². The summed E-state index contributed by atoms with van der Waals surface area (Å²) in [6.45, 7) is 7.13. The van der Waals surface area contributed by atoms with Crippen molar-refractivity contribution in [2.24, 2.45) is 5.92 Å². The van der Waals surface area contributed by atoms with Crippen LogP contribution in [0.1, 0.15) is 25.8 Å². The van der Waals surface area contributed by atoms with E-state index in [-0.39, 0.29) is 24.8 Å². The Balaban J connectivity index is 0.00000200. The number of methoxy groups -OCH3 is 1. The van der Waals surface area contributed by atoms with Gasteiger partial charge in [-0.2, -0.15) is 0 Å². The van der Waals surface area contributed by atoms with Gasteiger partial charge in [-0.25, -0.2) is 0 Å². The van der Waals surface area contributed by atoms with Gasteiger partial charge in [0, 0.05) is 5.56 Å². The van der Waals surface area contributed by atoms with Crippen molar-refractivity contribution in [2.75, 3.05) is 20.7 Å². The number of nitrogens with two attached hydrogens (primary N) is 1. The van der Waals surface area contributed by atoms with Crippen LogP contribution in [0.15, 0.2) is 24.3 Å². The van der Waals surface area contributed by atoms with Gasteiger partial charge in [0.05, 0.1) is 45.1 Å². The first-order valence-electron chi connectivity index (χ1n) is 7.38. The highest BCUT2D eigenvalue weighted by Crippen LogP contribution is 2.11. The summed E-state index contributed by atoms with van der Waals surface area (Å²) in [6, 6.07) is 9.99. The van der Waals surface area contributed by atoms with Crippen molar-refractivity contribution in [1.29, 1.82) is 0 Å². The van der Waals surface area contributed by atoms with E-state index in [1.807, 2.05) is 12.1 Å². The molecule has 0 aromatic heterocycles. The second-order valence-electron chi connectivity index (χ2n) is 6.12. The average molecular weight is 335 g/mol. The normalized spacial score (nSPS) is 28.2. The molecule has 0 amide bonds. The minimum atomic E-state index is 0. The van der Waals surface area contributed by atoms with Gasteiger partial charge in [0.15, 0.2) is 0 Å². The molecule has 3 N–H and O–H groups in total. The van der Waals surface area contributed by atoms with Crippen molar-refractivity contribution < 1.29 is 39.8 Å². The Hall–Kier alpha value is -0.480. The largest absolute Gasteiger partial charge is 1.00 e. The second kappa shape index (κ2) is 9.52. The van der Waals surface area contributed by atoms with Crippen molar-refractivity contribution in [3.05, 3.63) is 29.8 Å². The Labute approximate surface area is 141 Å². The maximum atomic E-state index is 5.19. The fourth-order valence-corrected chi connectivity index (χ4v) is 3.08. The van der Waals surface area contributed by atoms with Gasteiger partial charge in [0.2, 0.25) is 0 Å². The van der Waals surface area contributed by atoms with E-state index in [9.17, 15) is 0 Å². The smallest absolute Gasteiger partial charge is 0.118 e. The van der Waals surface area contributed by atoms with Gasteiger partial charge in [0.25, 0.3) is 0 Å². The van der Waals surface area contributed by atoms with Crippen molar-refractivity contribution >= 4 is 0 Å². The number of ether oxygens (including phenoxy) is 1. The molecule has 1 aliphatic rings. The summed E-state index contributed by atoms with van der Waals surface area (Å²) < 4.78 is 5.19. The molecule has 1 aliphatic heterocycles. The number of hydrogen-bond acceptors (Lipinski definition) is 1. The van der Waals surface area contributed by atoms with Crippen molar-refractivity contribution in [2.45, 2.75) is 38.9 Å². The van der Waals surface area contributed by atoms with Gasteiger partial charge >= 0.3 is 0 Å². The highest BCUT2D eigenvalue weighted by atomic mass is 35.5. The highest BCUT2D eigenvalue weighted by Gasteiger charge is 2.34. The molecule has 1 aromatic rings. The Bertz CT molecular complexity index is 400. The molecule has 3 nitrogen and oxygen atoms in total. The van der Waals surface area contributed by atoms with Crippen molar-refractivity contribution in [1.82, 2.24) is 0 Å². The van der Waals surface area contributed by atoms with Crippen LogP contribution in [-0.2, 0) is 6.54 Å². The van der Waals surface area contributed by atoms with Crippen LogP contribution < -0.4 is 39.8 Å². The van der Waals surface area contributed by atoms with Gasteiger partial charge in [0.1, 0.15) is 12.3 Å². The molecule has 1 aromatic carbocycles. The van der Waals surface area contributed by atoms with E-state index < -0.39 is 0 Å². The number of halogens is 2. The van der Waals surface area contributed by atoms with E-state index in [2.05, 4.69) is 38.3 Å². The molecule has 0 spiro atoms. The van der Waals surface area contributed by atoms with Crippen LogP contribution >= 0.6 is 0 Å². The lowest BCUT2D eigenvalue weighted by Crippen LogP contribution is -3.16. The number of hydrogen-bond donors (Lipinski definition) is 2. The molecular weight excluding hydrogens is 307 g/mol. The third kappa shape index (κ3) is 5.67. The third-order valence-electron chi connectivity index (χ3n) is 4.66. The predicted molar refractivity (Wildman–Crippen MR) is 77.4 cm³/mol. The highest BCUT2D eigenvalue weighted by molar-refractivity contribution is 5.26. The summed E-state index contributed by atoms with van der Waals surface area (Å²) in [6.07, 6.45) is 1.32. The van der Waals surface area contributed by atoms with Crippen LogP contribution in [-0.4, -0.2) is 32.8 Å². The molecule has 0 bridgehead atoms. The summed E-state index contributed by atoms with van der Waals surface area (Å²) in [5.74, 6) is 1.74. The van der Waals surface area contributed by atoms with Gasteiger partial charge in [-0.1, -0.05) is 6.92 Å². The topological polar surface area (TPSA) is 30.3 Å².